The molecule has 19 heavy (non-hydrogen) atoms. The van der Waals surface area contributed by atoms with Gasteiger partial charge in [0, 0.05) is 20.7 Å². The van der Waals surface area contributed by atoms with Crippen molar-refractivity contribution in [3.63, 3.8) is 0 Å². The lowest BCUT2D eigenvalue weighted by Gasteiger charge is -1.89. The van der Waals surface area contributed by atoms with Crippen LogP contribution in [0.1, 0.15) is 0 Å². The molecule has 0 aliphatic rings. The molecule has 3 aromatic rings. The topological polar surface area (TPSA) is 43.1 Å². The molecule has 0 bridgehead atoms. The van der Waals surface area contributed by atoms with Gasteiger partial charge in [-0.05, 0) is 46.3 Å². The average Bonchev–Trinajstić information content (AvgIpc) is 3.07. The Morgan fingerprint density at radius 2 is 1.37 bits per heavy atom. The van der Waals surface area contributed by atoms with Crippen molar-refractivity contribution in [1.29, 1.82) is 0 Å². The lowest BCUT2D eigenvalue weighted by Crippen LogP contribution is -1.80. The van der Waals surface area contributed by atoms with Gasteiger partial charge < -0.3 is 0 Å². The number of nitro groups is 1. The maximum Gasteiger partial charge on any atom is 0.324 e. The molecule has 0 fully saturated rings. The Kier molecular flexibility index (Phi) is 3.53. The van der Waals surface area contributed by atoms with E-state index in [1.165, 1.54) is 21.1 Å². The summed E-state index contributed by atoms with van der Waals surface area (Å²) in [5.41, 5.74) is 0. The Morgan fingerprint density at radius 1 is 0.842 bits per heavy atom. The van der Waals surface area contributed by atoms with Gasteiger partial charge in [-0.2, -0.15) is 0 Å². The van der Waals surface area contributed by atoms with Crippen LogP contribution < -0.4 is 0 Å². The lowest BCUT2D eigenvalue weighted by molar-refractivity contribution is -0.380. The highest BCUT2D eigenvalue weighted by atomic mass is 79.9. The predicted molar refractivity (Wildman–Crippen MR) is 85.3 cm³/mol. The van der Waals surface area contributed by atoms with Crippen molar-refractivity contribution in [3.8, 4) is 19.5 Å². The molecule has 7 heteroatoms. The van der Waals surface area contributed by atoms with Gasteiger partial charge in [-0.3, -0.25) is 10.1 Å². The molecule has 0 atom stereocenters. The summed E-state index contributed by atoms with van der Waals surface area (Å²) in [6.07, 6.45) is 0. The first-order chi connectivity index (χ1) is 9.13. The minimum atomic E-state index is -0.348. The standard InChI is InChI=1S/C12H6BrNO2S3/c13-11-5-3-9(18-11)7-1-2-8(17-7)10-4-6-12(19-10)14(15)16/h1-6H. The quantitative estimate of drug-likeness (QED) is 0.426. The number of hydrogen-bond donors (Lipinski definition) is 0. The van der Waals surface area contributed by atoms with Crippen LogP contribution in [-0.2, 0) is 0 Å². The first-order valence-electron chi connectivity index (χ1n) is 5.23. The Bertz CT molecular complexity index is 744. The molecule has 0 unspecified atom stereocenters. The molecule has 3 aromatic heterocycles. The number of halogens is 1. The van der Waals surface area contributed by atoms with E-state index in [2.05, 4.69) is 28.1 Å². The molecule has 0 aromatic carbocycles. The van der Waals surface area contributed by atoms with Gasteiger partial charge in [0.2, 0.25) is 0 Å². The summed E-state index contributed by atoms with van der Waals surface area (Å²) in [6, 6.07) is 11.5. The summed E-state index contributed by atoms with van der Waals surface area (Å²) in [5.74, 6) is 0. The smallest absolute Gasteiger partial charge is 0.258 e. The predicted octanol–water partition coefficient (Wildman–Crippen LogP) is 5.88. The minimum absolute atomic E-state index is 0.184. The molecule has 0 amide bonds. The van der Waals surface area contributed by atoms with Gasteiger partial charge in [0.05, 0.1) is 13.6 Å². The Morgan fingerprint density at radius 3 is 1.89 bits per heavy atom. The monoisotopic (exact) mass is 371 g/mol. The van der Waals surface area contributed by atoms with Crippen molar-refractivity contribution in [2.45, 2.75) is 0 Å². The first-order valence-corrected chi connectivity index (χ1v) is 8.48. The van der Waals surface area contributed by atoms with Crippen molar-refractivity contribution in [1.82, 2.24) is 0 Å². The van der Waals surface area contributed by atoms with Gasteiger partial charge in [0.1, 0.15) is 0 Å². The Balaban J connectivity index is 1.94. The molecule has 3 heterocycles. The molecule has 0 N–H and O–H groups in total. The van der Waals surface area contributed by atoms with Crippen molar-refractivity contribution in [2.75, 3.05) is 0 Å². The number of rotatable bonds is 3. The SMILES string of the molecule is O=[N+]([O-])c1ccc(-c2ccc(-c3ccc(Br)s3)s2)s1. The number of nitrogens with zero attached hydrogens (tertiary/aromatic N) is 1. The van der Waals surface area contributed by atoms with E-state index in [9.17, 15) is 10.1 Å². The molecule has 0 aliphatic heterocycles. The summed E-state index contributed by atoms with van der Waals surface area (Å²) >= 11 is 8.00. The third kappa shape index (κ3) is 2.64. The maximum atomic E-state index is 10.7. The number of thiophene rings is 3. The van der Waals surface area contributed by atoms with Gasteiger partial charge in [-0.1, -0.05) is 11.3 Å². The van der Waals surface area contributed by atoms with Crippen LogP contribution >= 0.6 is 49.9 Å². The Labute approximate surface area is 129 Å². The van der Waals surface area contributed by atoms with Crippen LogP contribution in [0.2, 0.25) is 0 Å². The van der Waals surface area contributed by atoms with Gasteiger partial charge in [0.25, 0.3) is 0 Å². The second kappa shape index (κ2) is 5.16. The molecular formula is C12H6BrNO2S3. The maximum absolute atomic E-state index is 10.7. The Hall–Kier alpha value is -1.02. The summed E-state index contributed by atoms with van der Waals surface area (Å²) in [7, 11) is 0. The van der Waals surface area contributed by atoms with Crippen LogP contribution in [0.5, 0.6) is 0 Å². The lowest BCUT2D eigenvalue weighted by atomic mass is 10.3. The molecule has 96 valence electrons. The van der Waals surface area contributed by atoms with E-state index in [0.29, 0.717) is 0 Å². The van der Waals surface area contributed by atoms with E-state index in [4.69, 9.17) is 0 Å². The van der Waals surface area contributed by atoms with E-state index in [-0.39, 0.29) is 9.92 Å². The minimum Gasteiger partial charge on any atom is -0.258 e. The summed E-state index contributed by atoms with van der Waals surface area (Å²) in [5, 5.41) is 10.9. The third-order valence-electron chi connectivity index (χ3n) is 2.44. The highest BCUT2D eigenvalue weighted by Crippen LogP contribution is 2.41. The number of hydrogen-bond acceptors (Lipinski definition) is 5. The molecule has 0 radical (unpaired) electrons. The largest absolute Gasteiger partial charge is 0.324 e. The van der Waals surface area contributed by atoms with Gasteiger partial charge >= 0.3 is 5.00 Å². The molecule has 0 aliphatic carbocycles. The summed E-state index contributed by atoms with van der Waals surface area (Å²) in [4.78, 5) is 14.7. The zero-order valence-electron chi connectivity index (χ0n) is 9.33. The zero-order valence-corrected chi connectivity index (χ0v) is 13.4. The van der Waals surface area contributed by atoms with Gasteiger partial charge in [-0.15, -0.1) is 22.7 Å². The van der Waals surface area contributed by atoms with E-state index in [1.807, 2.05) is 18.2 Å². The second-order valence-electron chi connectivity index (χ2n) is 3.66. The molecule has 3 rings (SSSR count). The van der Waals surface area contributed by atoms with Crippen molar-refractivity contribution in [3.05, 3.63) is 50.3 Å². The highest BCUT2D eigenvalue weighted by molar-refractivity contribution is 9.11. The summed E-state index contributed by atoms with van der Waals surface area (Å²) in [6.45, 7) is 0. The molecule has 0 saturated heterocycles. The van der Waals surface area contributed by atoms with Gasteiger partial charge in [-0.25, -0.2) is 0 Å². The highest BCUT2D eigenvalue weighted by Gasteiger charge is 2.13. The van der Waals surface area contributed by atoms with Crippen LogP contribution in [0.25, 0.3) is 19.5 Å². The van der Waals surface area contributed by atoms with E-state index < -0.39 is 0 Å². The molecule has 0 saturated carbocycles. The van der Waals surface area contributed by atoms with Crippen LogP contribution in [0.15, 0.2) is 40.2 Å². The van der Waals surface area contributed by atoms with E-state index in [1.54, 1.807) is 28.7 Å². The molecule has 0 spiro atoms. The van der Waals surface area contributed by atoms with E-state index in [0.717, 1.165) is 13.5 Å². The van der Waals surface area contributed by atoms with Crippen molar-refractivity contribution < 1.29 is 4.92 Å². The zero-order chi connectivity index (χ0) is 13.4. The van der Waals surface area contributed by atoms with Gasteiger partial charge in [0.15, 0.2) is 0 Å². The van der Waals surface area contributed by atoms with Crippen LogP contribution in [0.3, 0.4) is 0 Å². The summed E-state index contributed by atoms with van der Waals surface area (Å²) < 4.78 is 1.10. The van der Waals surface area contributed by atoms with Crippen LogP contribution in [0, 0.1) is 10.1 Å². The average molecular weight is 372 g/mol. The first kappa shape index (κ1) is 13.0. The van der Waals surface area contributed by atoms with E-state index >= 15 is 0 Å². The van der Waals surface area contributed by atoms with Crippen LogP contribution in [0.4, 0.5) is 5.00 Å². The van der Waals surface area contributed by atoms with Crippen LogP contribution in [-0.4, -0.2) is 4.92 Å². The van der Waals surface area contributed by atoms with Crippen molar-refractivity contribution >= 4 is 54.9 Å². The molecular weight excluding hydrogens is 366 g/mol. The molecule has 3 nitrogen and oxygen atoms in total. The normalized spacial score (nSPS) is 10.8. The fourth-order valence-corrected chi connectivity index (χ4v) is 5.00. The fourth-order valence-electron chi connectivity index (χ4n) is 1.61. The fraction of sp³-hybridized carbons (Fsp3) is 0. The van der Waals surface area contributed by atoms with Crippen molar-refractivity contribution in [2.24, 2.45) is 0 Å². The third-order valence-corrected chi connectivity index (χ3v) is 6.57. The second-order valence-corrected chi connectivity index (χ2v) is 8.27.